The Labute approximate surface area is 119 Å². The molecule has 0 saturated carbocycles. The van der Waals surface area contributed by atoms with E-state index >= 15 is 0 Å². The molecule has 0 bridgehead atoms. The van der Waals surface area contributed by atoms with Gasteiger partial charge in [-0.1, -0.05) is 6.42 Å². The molecule has 2 unspecified atom stereocenters. The highest BCUT2D eigenvalue weighted by atomic mass is 15.3. The van der Waals surface area contributed by atoms with E-state index in [0.29, 0.717) is 5.54 Å². The quantitative estimate of drug-likeness (QED) is 0.786. The standard InChI is InChI=1S/C16H33N3/c1-14-6-5-7-15(8-9-17-14)18-10-12-19(13-11-18)16(2,3)4/h14-15,17H,5-13H2,1-4H3. The lowest BCUT2D eigenvalue weighted by Crippen LogP contribution is -2.56. The van der Waals surface area contributed by atoms with Crippen molar-refractivity contribution in [2.45, 2.75) is 71.0 Å². The van der Waals surface area contributed by atoms with Crippen LogP contribution in [0.5, 0.6) is 0 Å². The lowest BCUT2D eigenvalue weighted by molar-refractivity contribution is 0.0361. The molecule has 1 N–H and O–H groups in total. The molecule has 2 heterocycles. The topological polar surface area (TPSA) is 18.5 Å². The lowest BCUT2D eigenvalue weighted by atomic mass is 9.98. The molecule has 0 radical (unpaired) electrons. The summed E-state index contributed by atoms with van der Waals surface area (Å²) >= 11 is 0. The smallest absolute Gasteiger partial charge is 0.0126 e. The highest BCUT2D eigenvalue weighted by Gasteiger charge is 2.29. The molecule has 2 fully saturated rings. The lowest BCUT2D eigenvalue weighted by Gasteiger charge is -2.45. The first-order chi connectivity index (χ1) is 8.97. The minimum atomic E-state index is 0.337. The molecule has 0 amide bonds. The van der Waals surface area contributed by atoms with E-state index in [-0.39, 0.29) is 0 Å². The molecule has 2 rings (SSSR count). The Morgan fingerprint density at radius 1 is 0.947 bits per heavy atom. The van der Waals surface area contributed by atoms with Crippen LogP contribution in [0, 0.1) is 0 Å². The van der Waals surface area contributed by atoms with Gasteiger partial charge in [-0.05, 0) is 53.5 Å². The first kappa shape index (κ1) is 15.3. The third-order valence-corrected chi connectivity index (χ3v) is 4.92. The predicted molar refractivity (Wildman–Crippen MR) is 82.6 cm³/mol. The third kappa shape index (κ3) is 4.44. The maximum Gasteiger partial charge on any atom is 0.0126 e. The Morgan fingerprint density at radius 3 is 2.26 bits per heavy atom. The molecular weight excluding hydrogens is 234 g/mol. The van der Waals surface area contributed by atoms with Crippen molar-refractivity contribution >= 4 is 0 Å². The van der Waals surface area contributed by atoms with Gasteiger partial charge in [0, 0.05) is 43.8 Å². The Bertz CT molecular complexity index is 254. The minimum absolute atomic E-state index is 0.337. The molecule has 2 saturated heterocycles. The van der Waals surface area contributed by atoms with Crippen molar-refractivity contribution in [3.8, 4) is 0 Å². The molecule has 0 aromatic rings. The van der Waals surface area contributed by atoms with Gasteiger partial charge in [-0.15, -0.1) is 0 Å². The van der Waals surface area contributed by atoms with E-state index in [0.717, 1.165) is 12.1 Å². The molecule has 2 atom stereocenters. The van der Waals surface area contributed by atoms with Crippen LogP contribution in [-0.2, 0) is 0 Å². The van der Waals surface area contributed by atoms with Gasteiger partial charge in [0.05, 0.1) is 0 Å². The predicted octanol–water partition coefficient (Wildman–Crippen LogP) is 2.32. The summed E-state index contributed by atoms with van der Waals surface area (Å²) in [7, 11) is 0. The van der Waals surface area contributed by atoms with Gasteiger partial charge in [-0.25, -0.2) is 0 Å². The van der Waals surface area contributed by atoms with E-state index in [4.69, 9.17) is 0 Å². The van der Waals surface area contributed by atoms with Crippen LogP contribution in [0.25, 0.3) is 0 Å². The molecule has 0 aromatic carbocycles. The van der Waals surface area contributed by atoms with Gasteiger partial charge in [0.25, 0.3) is 0 Å². The van der Waals surface area contributed by atoms with Crippen molar-refractivity contribution in [2.75, 3.05) is 32.7 Å². The van der Waals surface area contributed by atoms with E-state index in [1.165, 1.54) is 58.4 Å². The van der Waals surface area contributed by atoms with Gasteiger partial charge < -0.3 is 5.32 Å². The fourth-order valence-electron chi connectivity index (χ4n) is 3.53. The second-order valence-corrected chi connectivity index (χ2v) is 7.42. The van der Waals surface area contributed by atoms with Gasteiger partial charge in [-0.3, -0.25) is 9.80 Å². The molecule has 2 aliphatic rings. The molecule has 0 aromatic heterocycles. The summed E-state index contributed by atoms with van der Waals surface area (Å²) in [4.78, 5) is 5.38. The fourth-order valence-corrected chi connectivity index (χ4v) is 3.53. The summed E-state index contributed by atoms with van der Waals surface area (Å²) in [5.41, 5.74) is 0.337. The third-order valence-electron chi connectivity index (χ3n) is 4.92. The number of nitrogens with one attached hydrogen (secondary N) is 1. The molecule has 0 spiro atoms. The van der Waals surface area contributed by atoms with Crippen LogP contribution in [0.2, 0.25) is 0 Å². The van der Waals surface area contributed by atoms with Crippen LogP contribution in [0.15, 0.2) is 0 Å². The number of hydrogen-bond acceptors (Lipinski definition) is 3. The van der Waals surface area contributed by atoms with Crippen LogP contribution in [0.1, 0.15) is 53.4 Å². The molecular formula is C16H33N3. The Hall–Kier alpha value is -0.120. The highest BCUT2D eigenvalue weighted by Crippen LogP contribution is 2.21. The Morgan fingerprint density at radius 2 is 1.63 bits per heavy atom. The average Bonchev–Trinajstić information content (AvgIpc) is 2.33. The van der Waals surface area contributed by atoms with Crippen molar-refractivity contribution in [1.82, 2.24) is 15.1 Å². The van der Waals surface area contributed by atoms with E-state index in [1.807, 2.05) is 0 Å². The number of hydrogen-bond donors (Lipinski definition) is 1. The minimum Gasteiger partial charge on any atom is -0.314 e. The van der Waals surface area contributed by atoms with Gasteiger partial charge in [0.2, 0.25) is 0 Å². The summed E-state index contributed by atoms with van der Waals surface area (Å²) in [6.45, 7) is 15.5. The Balaban J connectivity index is 1.80. The molecule has 3 heteroatoms. The zero-order valence-corrected chi connectivity index (χ0v) is 13.4. The molecule has 2 aliphatic heterocycles. The Kier molecular flexibility index (Phi) is 5.27. The van der Waals surface area contributed by atoms with Gasteiger partial charge in [-0.2, -0.15) is 0 Å². The summed E-state index contributed by atoms with van der Waals surface area (Å²) in [5, 5.41) is 3.65. The van der Waals surface area contributed by atoms with E-state index in [2.05, 4.69) is 42.8 Å². The van der Waals surface area contributed by atoms with Crippen LogP contribution in [-0.4, -0.2) is 60.1 Å². The highest BCUT2D eigenvalue weighted by molar-refractivity contribution is 4.85. The fraction of sp³-hybridized carbons (Fsp3) is 1.00. The molecule has 112 valence electrons. The SMILES string of the molecule is CC1CCCC(N2CCN(C(C)(C)C)CC2)CCN1. The molecule has 0 aliphatic carbocycles. The van der Waals surface area contributed by atoms with Crippen molar-refractivity contribution in [3.05, 3.63) is 0 Å². The van der Waals surface area contributed by atoms with Crippen LogP contribution in [0.3, 0.4) is 0 Å². The van der Waals surface area contributed by atoms with E-state index in [9.17, 15) is 0 Å². The van der Waals surface area contributed by atoms with Gasteiger partial charge in [0.1, 0.15) is 0 Å². The number of piperazine rings is 1. The first-order valence-corrected chi connectivity index (χ1v) is 8.19. The van der Waals surface area contributed by atoms with Crippen LogP contribution in [0.4, 0.5) is 0 Å². The first-order valence-electron chi connectivity index (χ1n) is 8.19. The normalized spacial score (nSPS) is 32.8. The zero-order chi connectivity index (χ0) is 13.9. The van der Waals surface area contributed by atoms with Crippen molar-refractivity contribution < 1.29 is 0 Å². The van der Waals surface area contributed by atoms with Gasteiger partial charge >= 0.3 is 0 Å². The second kappa shape index (κ2) is 6.55. The summed E-state index contributed by atoms with van der Waals surface area (Å²) in [6.07, 6.45) is 5.47. The zero-order valence-electron chi connectivity index (χ0n) is 13.4. The van der Waals surface area contributed by atoms with Crippen molar-refractivity contribution in [2.24, 2.45) is 0 Å². The van der Waals surface area contributed by atoms with Crippen molar-refractivity contribution in [3.63, 3.8) is 0 Å². The molecule has 3 nitrogen and oxygen atoms in total. The van der Waals surface area contributed by atoms with E-state index in [1.54, 1.807) is 0 Å². The molecule has 19 heavy (non-hydrogen) atoms. The average molecular weight is 267 g/mol. The monoisotopic (exact) mass is 267 g/mol. The maximum absolute atomic E-state index is 3.65. The summed E-state index contributed by atoms with van der Waals surface area (Å²) in [6, 6.07) is 1.54. The largest absolute Gasteiger partial charge is 0.314 e. The van der Waals surface area contributed by atoms with E-state index < -0.39 is 0 Å². The van der Waals surface area contributed by atoms with Crippen LogP contribution < -0.4 is 5.32 Å². The maximum atomic E-state index is 3.65. The summed E-state index contributed by atoms with van der Waals surface area (Å²) < 4.78 is 0. The van der Waals surface area contributed by atoms with Crippen LogP contribution >= 0.6 is 0 Å². The van der Waals surface area contributed by atoms with Gasteiger partial charge in [0.15, 0.2) is 0 Å². The van der Waals surface area contributed by atoms with Crippen molar-refractivity contribution in [1.29, 1.82) is 0 Å². The number of rotatable bonds is 1. The number of nitrogens with zero attached hydrogens (tertiary/aromatic N) is 2. The second-order valence-electron chi connectivity index (χ2n) is 7.42. The summed E-state index contributed by atoms with van der Waals surface area (Å²) in [5.74, 6) is 0.